The molecule has 0 aliphatic rings. The maximum absolute atomic E-state index is 14.5. The van der Waals surface area contributed by atoms with Crippen molar-refractivity contribution in [3.8, 4) is 5.75 Å². The number of nitrogens with zero attached hydrogens (tertiary/aromatic N) is 2. The van der Waals surface area contributed by atoms with E-state index in [-0.39, 0.29) is 35.5 Å². The molecule has 4 aromatic carbocycles. The van der Waals surface area contributed by atoms with Gasteiger partial charge >= 0.3 is 0 Å². The fraction of sp³-hybridized carbons (Fsp3) is 0.257. The summed E-state index contributed by atoms with van der Waals surface area (Å²) in [7, 11) is -4.19. The molecule has 0 aliphatic carbocycles. The molecule has 236 valence electrons. The second-order valence-electron chi connectivity index (χ2n) is 10.8. The zero-order valence-electron chi connectivity index (χ0n) is 25.6. The third-order valence-electron chi connectivity index (χ3n) is 6.99. The van der Waals surface area contributed by atoms with E-state index in [2.05, 4.69) is 5.32 Å². The van der Waals surface area contributed by atoms with Crippen molar-refractivity contribution < 1.29 is 22.7 Å². The van der Waals surface area contributed by atoms with Crippen LogP contribution in [0.5, 0.6) is 5.75 Å². The number of sulfonamides is 1. The van der Waals surface area contributed by atoms with Gasteiger partial charge < -0.3 is 15.0 Å². The molecular formula is C35H38ClN3O5S. The molecule has 0 heterocycles. The van der Waals surface area contributed by atoms with Crippen molar-refractivity contribution in [1.29, 1.82) is 0 Å². The highest BCUT2D eigenvalue weighted by Gasteiger charge is 2.34. The highest BCUT2D eigenvalue weighted by atomic mass is 35.5. The molecule has 0 saturated heterocycles. The Hall–Kier alpha value is -4.34. The van der Waals surface area contributed by atoms with E-state index in [4.69, 9.17) is 16.3 Å². The lowest BCUT2D eigenvalue weighted by Crippen LogP contribution is -2.54. The summed E-state index contributed by atoms with van der Waals surface area (Å²) in [6, 6.07) is 29.8. The maximum atomic E-state index is 14.5. The van der Waals surface area contributed by atoms with Crippen molar-refractivity contribution in [2.45, 2.75) is 50.7 Å². The summed E-state index contributed by atoms with van der Waals surface area (Å²) in [5.74, 6) is -0.327. The predicted molar refractivity (Wildman–Crippen MR) is 178 cm³/mol. The largest absolute Gasteiger partial charge is 0.494 e. The normalized spacial score (nSPS) is 11.9. The van der Waals surface area contributed by atoms with E-state index in [1.165, 1.54) is 17.0 Å². The number of hydrogen-bond donors (Lipinski definition) is 1. The molecule has 0 aliphatic heterocycles. The van der Waals surface area contributed by atoms with E-state index in [0.29, 0.717) is 22.9 Å². The van der Waals surface area contributed by atoms with Crippen molar-refractivity contribution in [1.82, 2.24) is 10.2 Å². The molecule has 0 bridgehead atoms. The molecule has 45 heavy (non-hydrogen) atoms. The van der Waals surface area contributed by atoms with Crippen LogP contribution in [-0.2, 0) is 32.6 Å². The molecule has 4 rings (SSSR count). The first-order chi connectivity index (χ1) is 21.6. The maximum Gasteiger partial charge on any atom is 0.264 e. The molecule has 0 radical (unpaired) electrons. The summed E-state index contributed by atoms with van der Waals surface area (Å²) in [4.78, 5) is 29.7. The topological polar surface area (TPSA) is 96.0 Å². The van der Waals surface area contributed by atoms with Gasteiger partial charge in [-0.2, -0.15) is 0 Å². The first-order valence-electron chi connectivity index (χ1n) is 14.8. The first-order valence-corrected chi connectivity index (χ1v) is 16.6. The van der Waals surface area contributed by atoms with E-state index in [1.807, 2.05) is 57.2 Å². The lowest BCUT2D eigenvalue weighted by atomic mass is 10.0. The molecule has 0 saturated carbocycles. The van der Waals surface area contributed by atoms with Crippen LogP contribution in [0, 0.1) is 0 Å². The molecule has 10 heteroatoms. The average molecular weight is 648 g/mol. The Bertz CT molecular complexity index is 1670. The second kappa shape index (κ2) is 15.6. The van der Waals surface area contributed by atoms with Gasteiger partial charge in [0.25, 0.3) is 10.0 Å². The number of benzene rings is 4. The summed E-state index contributed by atoms with van der Waals surface area (Å²) < 4.78 is 34.8. The number of carbonyl (C=O) groups excluding carboxylic acids is 2. The van der Waals surface area contributed by atoms with Gasteiger partial charge in [0.1, 0.15) is 18.3 Å². The van der Waals surface area contributed by atoms with Gasteiger partial charge in [0.2, 0.25) is 11.8 Å². The van der Waals surface area contributed by atoms with E-state index >= 15 is 0 Å². The minimum atomic E-state index is -4.19. The summed E-state index contributed by atoms with van der Waals surface area (Å²) in [5, 5.41) is 3.43. The molecule has 0 fully saturated rings. The average Bonchev–Trinajstić information content (AvgIpc) is 3.02. The molecule has 0 unspecified atom stereocenters. The minimum Gasteiger partial charge on any atom is -0.494 e. The number of halogens is 1. The summed E-state index contributed by atoms with van der Waals surface area (Å²) >= 11 is 6.30. The summed E-state index contributed by atoms with van der Waals surface area (Å²) in [6.45, 7) is 5.48. The molecule has 1 N–H and O–H groups in total. The SMILES string of the molecule is CCOc1ccc(N(CC(=O)N(Cc2cccc(Cl)c2)[C@H](Cc2ccccc2)C(=O)NC(C)C)S(=O)(=O)c2ccccc2)cc1. The van der Waals surface area contributed by atoms with Crippen LogP contribution in [0.2, 0.25) is 5.02 Å². The fourth-order valence-corrected chi connectivity index (χ4v) is 6.54. The Morgan fingerprint density at radius 1 is 0.844 bits per heavy atom. The molecule has 2 amide bonds. The van der Waals surface area contributed by atoms with Crippen LogP contribution in [0.3, 0.4) is 0 Å². The zero-order chi connectivity index (χ0) is 32.4. The number of carbonyl (C=O) groups is 2. The van der Waals surface area contributed by atoms with E-state index < -0.39 is 28.5 Å². The number of rotatable bonds is 14. The Morgan fingerprint density at radius 2 is 1.47 bits per heavy atom. The number of nitrogens with one attached hydrogen (secondary N) is 1. The van der Waals surface area contributed by atoms with Gasteiger partial charge in [0, 0.05) is 24.0 Å². The Kier molecular flexibility index (Phi) is 11.6. The molecule has 1 atom stereocenters. The van der Waals surface area contributed by atoms with Crippen LogP contribution in [-0.4, -0.2) is 50.4 Å². The van der Waals surface area contributed by atoms with E-state index in [0.717, 1.165) is 9.87 Å². The van der Waals surface area contributed by atoms with Gasteiger partial charge in [0.15, 0.2) is 0 Å². The number of amides is 2. The second-order valence-corrected chi connectivity index (χ2v) is 13.1. The van der Waals surface area contributed by atoms with Gasteiger partial charge in [-0.15, -0.1) is 0 Å². The summed E-state index contributed by atoms with van der Waals surface area (Å²) in [6.07, 6.45) is 0.222. The highest BCUT2D eigenvalue weighted by molar-refractivity contribution is 7.92. The van der Waals surface area contributed by atoms with Crippen molar-refractivity contribution >= 4 is 39.1 Å². The minimum absolute atomic E-state index is 0.0327. The van der Waals surface area contributed by atoms with Crippen LogP contribution >= 0.6 is 11.6 Å². The van der Waals surface area contributed by atoms with Crippen molar-refractivity contribution in [3.63, 3.8) is 0 Å². The number of anilines is 1. The molecule has 0 aromatic heterocycles. The monoisotopic (exact) mass is 647 g/mol. The van der Waals surface area contributed by atoms with Crippen molar-refractivity contribution in [2.24, 2.45) is 0 Å². The van der Waals surface area contributed by atoms with Gasteiger partial charge in [-0.3, -0.25) is 13.9 Å². The van der Waals surface area contributed by atoms with Gasteiger partial charge in [-0.05, 0) is 80.4 Å². The third kappa shape index (κ3) is 9.09. The quantitative estimate of drug-likeness (QED) is 0.179. The third-order valence-corrected chi connectivity index (χ3v) is 9.01. The van der Waals surface area contributed by atoms with Crippen LogP contribution in [0.25, 0.3) is 0 Å². The van der Waals surface area contributed by atoms with Gasteiger partial charge in [-0.25, -0.2) is 8.42 Å². The molecule has 0 spiro atoms. The standard InChI is InChI=1S/C35H38ClN3O5S/c1-4-44-31-20-18-30(19-21-31)39(45(42,43)32-16-9-6-10-17-32)25-34(40)38(24-28-14-11-15-29(36)22-28)33(35(41)37-26(2)3)23-27-12-7-5-8-13-27/h5-22,26,33H,4,23-25H2,1-3H3,(H,37,41)/t33-/m1/s1. The Morgan fingerprint density at radius 3 is 2.07 bits per heavy atom. The first kappa shape index (κ1) is 33.6. The van der Waals surface area contributed by atoms with Crippen molar-refractivity contribution in [3.05, 3.63) is 125 Å². The lowest BCUT2D eigenvalue weighted by molar-refractivity contribution is -0.140. The van der Waals surface area contributed by atoms with E-state index in [1.54, 1.807) is 60.7 Å². The Balaban J connectivity index is 1.80. The van der Waals surface area contributed by atoms with Crippen LogP contribution in [0.4, 0.5) is 5.69 Å². The zero-order valence-corrected chi connectivity index (χ0v) is 27.2. The van der Waals surface area contributed by atoms with Crippen LogP contribution in [0.15, 0.2) is 114 Å². The number of ether oxygens (including phenoxy) is 1. The molecular weight excluding hydrogens is 610 g/mol. The van der Waals surface area contributed by atoms with Crippen LogP contribution in [0.1, 0.15) is 31.9 Å². The molecule has 8 nitrogen and oxygen atoms in total. The Labute approximate surface area is 270 Å². The summed E-state index contributed by atoms with van der Waals surface area (Å²) in [5.41, 5.74) is 1.83. The van der Waals surface area contributed by atoms with Gasteiger partial charge in [-0.1, -0.05) is 72.3 Å². The highest BCUT2D eigenvalue weighted by Crippen LogP contribution is 2.27. The number of hydrogen-bond acceptors (Lipinski definition) is 5. The van der Waals surface area contributed by atoms with Crippen molar-refractivity contribution in [2.75, 3.05) is 17.5 Å². The smallest absolute Gasteiger partial charge is 0.264 e. The van der Waals surface area contributed by atoms with E-state index in [9.17, 15) is 18.0 Å². The lowest BCUT2D eigenvalue weighted by Gasteiger charge is -2.34. The fourth-order valence-electron chi connectivity index (χ4n) is 4.89. The molecule has 4 aromatic rings. The predicted octanol–water partition coefficient (Wildman–Crippen LogP) is 6.10. The van der Waals surface area contributed by atoms with Crippen LogP contribution < -0.4 is 14.4 Å². The van der Waals surface area contributed by atoms with Gasteiger partial charge in [0.05, 0.1) is 17.2 Å².